The van der Waals surface area contributed by atoms with Gasteiger partial charge in [0.25, 0.3) is 0 Å². The van der Waals surface area contributed by atoms with E-state index in [9.17, 15) is 0 Å². The van der Waals surface area contributed by atoms with Crippen LogP contribution in [0.25, 0.3) is 0 Å². The zero-order valence-electron chi connectivity index (χ0n) is 10.1. The molecular formula is C12H19BrN4. The second kappa shape index (κ2) is 5.67. The van der Waals surface area contributed by atoms with Crippen molar-refractivity contribution in [3.8, 4) is 0 Å². The van der Waals surface area contributed by atoms with Crippen LogP contribution in [0.2, 0.25) is 0 Å². The van der Waals surface area contributed by atoms with Crippen LogP contribution in [0.5, 0.6) is 0 Å². The number of nitrogen functional groups attached to an aromatic ring is 1. The van der Waals surface area contributed by atoms with Gasteiger partial charge in [-0.15, -0.1) is 0 Å². The average molecular weight is 299 g/mol. The first-order valence-corrected chi connectivity index (χ1v) is 7.04. The fourth-order valence-corrected chi connectivity index (χ4v) is 2.85. The van der Waals surface area contributed by atoms with Crippen molar-refractivity contribution in [3.05, 3.63) is 10.7 Å². The maximum absolute atomic E-state index is 5.62. The van der Waals surface area contributed by atoms with Gasteiger partial charge in [-0.25, -0.2) is 4.98 Å². The van der Waals surface area contributed by atoms with E-state index >= 15 is 0 Å². The Bertz CT molecular complexity index is 383. The smallest absolute Gasteiger partial charge is 0.221 e. The molecule has 0 radical (unpaired) electrons. The van der Waals surface area contributed by atoms with E-state index in [2.05, 4.69) is 38.1 Å². The van der Waals surface area contributed by atoms with Gasteiger partial charge in [-0.1, -0.05) is 26.2 Å². The van der Waals surface area contributed by atoms with Crippen LogP contribution in [0.3, 0.4) is 0 Å². The number of aromatic nitrogens is 2. The number of halogens is 1. The average Bonchev–Trinajstić information content (AvgIpc) is 2.34. The molecule has 94 valence electrons. The van der Waals surface area contributed by atoms with Gasteiger partial charge in [0.1, 0.15) is 5.82 Å². The summed E-state index contributed by atoms with van der Waals surface area (Å²) in [7, 11) is 0. The molecule has 0 aromatic carbocycles. The lowest BCUT2D eigenvalue weighted by Gasteiger charge is -2.32. The first-order chi connectivity index (χ1) is 8.20. The Morgan fingerprint density at radius 1 is 1.47 bits per heavy atom. The van der Waals surface area contributed by atoms with Crippen LogP contribution >= 0.6 is 15.9 Å². The molecule has 0 amide bonds. The van der Waals surface area contributed by atoms with Crippen LogP contribution in [0, 0.1) is 5.92 Å². The topological polar surface area (TPSA) is 63.8 Å². The molecule has 4 nitrogen and oxygen atoms in total. The maximum atomic E-state index is 5.62. The first kappa shape index (κ1) is 12.6. The summed E-state index contributed by atoms with van der Waals surface area (Å²) in [6.07, 6.45) is 8.10. The molecule has 2 rings (SSSR count). The number of hydrogen-bond donors (Lipinski definition) is 2. The van der Waals surface area contributed by atoms with Gasteiger partial charge in [0.15, 0.2) is 0 Å². The SMILES string of the molecule is CCC1CCCCC1Nc1nc(N)ncc1Br. The molecule has 5 heteroatoms. The minimum atomic E-state index is 0.319. The van der Waals surface area contributed by atoms with Crippen molar-refractivity contribution in [2.45, 2.75) is 45.1 Å². The van der Waals surface area contributed by atoms with E-state index in [0.29, 0.717) is 12.0 Å². The lowest BCUT2D eigenvalue weighted by molar-refractivity contribution is 0.316. The number of nitrogens with one attached hydrogen (secondary N) is 1. The Labute approximate surface area is 111 Å². The van der Waals surface area contributed by atoms with Crippen LogP contribution in [0.1, 0.15) is 39.0 Å². The molecule has 1 aliphatic rings. The molecule has 1 aromatic heterocycles. The van der Waals surface area contributed by atoms with Gasteiger partial charge in [0.05, 0.1) is 4.47 Å². The third-order valence-corrected chi connectivity index (χ3v) is 4.10. The molecule has 17 heavy (non-hydrogen) atoms. The summed E-state index contributed by atoms with van der Waals surface area (Å²) in [5.74, 6) is 1.88. The van der Waals surface area contributed by atoms with Gasteiger partial charge in [-0.3, -0.25) is 0 Å². The summed E-state index contributed by atoms with van der Waals surface area (Å²) in [5, 5.41) is 3.51. The van der Waals surface area contributed by atoms with Crippen molar-refractivity contribution < 1.29 is 0 Å². The third kappa shape index (κ3) is 3.09. The molecule has 3 N–H and O–H groups in total. The van der Waals surface area contributed by atoms with Crippen LogP contribution in [-0.2, 0) is 0 Å². The Hall–Kier alpha value is -0.840. The molecule has 1 fully saturated rings. The van der Waals surface area contributed by atoms with Crippen LogP contribution in [0.4, 0.5) is 11.8 Å². The standard InChI is InChI=1S/C12H19BrN4/c1-2-8-5-3-4-6-10(8)16-11-9(13)7-15-12(14)17-11/h7-8,10H,2-6H2,1H3,(H3,14,15,16,17). The Balaban J connectivity index is 2.10. The number of nitrogens with zero attached hydrogens (tertiary/aromatic N) is 2. The third-order valence-electron chi connectivity index (χ3n) is 3.52. The number of rotatable bonds is 3. The minimum Gasteiger partial charge on any atom is -0.368 e. The first-order valence-electron chi connectivity index (χ1n) is 6.25. The van der Waals surface area contributed by atoms with E-state index in [1.165, 1.54) is 32.1 Å². The highest BCUT2D eigenvalue weighted by atomic mass is 79.9. The monoisotopic (exact) mass is 298 g/mol. The molecule has 1 heterocycles. The second-order valence-corrected chi connectivity index (χ2v) is 5.48. The van der Waals surface area contributed by atoms with E-state index in [0.717, 1.165) is 16.2 Å². The van der Waals surface area contributed by atoms with Crippen molar-refractivity contribution in [1.29, 1.82) is 0 Å². The quantitative estimate of drug-likeness (QED) is 0.899. The predicted molar refractivity (Wildman–Crippen MR) is 73.8 cm³/mol. The maximum Gasteiger partial charge on any atom is 0.221 e. The molecule has 0 saturated heterocycles. The van der Waals surface area contributed by atoms with E-state index in [-0.39, 0.29) is 0 Å². The van der Waals surface area contributed by atoms with Crippen LogP contribution in [0.15, 0.2) is 10.7 Å². The van der Waals surface area contributed by atoms with E-state index in [4.69, 9.17) is 5.73 Å². The molecule has 0 bridgehead atoms. The lowest BCUT2D eigenvalue weighted by atomic mass is 9.83. The van der Waals surface area contributed by atoms with Crippen molar-refractivity contribution in [2.75, 3.05) is 11.1 Å². The van der Waals surface area contributed by atoms with Gasteiger partial charge in [0, 0.05) is 12.2 Å². The van der Waals surface area contributed by atoms with Crippen molar-refractivity contribution in [1.82, 2.24) is 9.97 Å². The summed E-state index contributed by atoms with van der Waals surface area (Å²) in [4.78, 5) is 8.20. The molecule has 1 saturated carbocycles. The second-order valence-electron chi connectivity index (χ2n) is 4.63. The largest absolute Gasteiger partial charge is 0.368 e. The highest BCUT2D eigenvalue weighted by Gasteiger charge is 2.24. The van der Waals surface area contributed by atoms with E-state index < -0.39 is 0 Å². The normalized spacial score (nSPS) is 24.6. The number of nitrogens with two attached hydrogens (primary N) is 1. The van der Waals surface area contributed by atoms with Gasteiger partial charge in [-0.05, 0) is 34.7 Å². The molecule has 2 atom stereocenters. The Kier molecular flexibility index (Phi) is 4.20. The summed E-state index contributed by atoms with van der Waals surface area (Å²) in [6, 6.07) is 0.513. The molecule has 0 spiro atoms. The van der Waals surface area contributed by atoms with Gasteiger partial charge < -0.3 is 11.1 Å². The predicted octanol–water partition coefficient (Wildman–Crippen LogP) is 3.20. The van der Waals surface area contributed by atoms with E-state index in [1.807, 2.05) is 0 Å². The highest BCUT2D eigenvalue weighted by Crippen LogP contribution is 2.30. The zero-order chi connectivity index (χ0) is 12.3. The highest BCUT2D eigenvalue weighted by molar-refractivity contribution is 9.10. The molecule has 1 aromatic rings. The van der Waals surface area contributed by atoms with E-state index in [1.54, 1.807) is 6.20 Å². The van der Waals surface area contributed by atoms with Crippen molar-refractivity contribution in [2.24, 2.45) is 5.92 Å². The van der Waals surface area contributed by atoms with Crippen LogP contribution in [-0.4, -0.2) is 16.0 Å². The molecule has 1 aliphatic carbocycles. The van der Waals surface area contributed by atoms with Gasteiger partial charge in [-0.2, -0.15) is 4.98 Å². The number of hydrogen-bond acceptors (Lipinski definition) is 4. The van der Waals surface area contributed by atoms with Crippen molar-refractivity contribution in [3.63, 3.8) is 0 Å². The fraction of sp³-hybridized carbons (Fsp3) is 0.667. The summed E-state index contributed by atoms with van der Waals surface area (Å²) in [6.45, 7) is 2.26. The molecule has 0 aliphatic heterocycles. The summed E-state index contributed by atoms with van der Waals surface area (Å²) >= 11 is 3.46. The minimum absolute atomic E-state index is 0.319. The Morgan fingerprint density at radius 2 is 2.24 bits per heavy atom. The summed E-state index contributed by atoms with van der Waals surface area (Å²) in [5.41, 5.74) is 5.62. The molecular weight excluding hydrogens is 280 g/mol. The molecule has 2 unspecified atom stereocenters. The number of anilines is 2. The fourth-order valence-electron chi connectivity index (χ4n) is 2.54. The Morgan fingerprint density at radius 3 is 3.00 bits per heavy atom. The van der Waals surface area contributed by atoms with Crippen LogP contribution < -0.4 is 11.1 Å². The summed E-state index contributed by atoms with van der Waals surface area (Å²) < 4.78 is 0.882. The van der Waals surface area contributed by atoms with Crippen molar-refractivity contribution >= 4 is 27.7 Å². The lowest BCUT2D eigenvalue weighted by Crippen LogP contribution is -2.32. The van der Waals surface area contributed by atoms with Gasteiger partial charge in [0.2, 0.25) is 5.95 Å². The zero-order valence-corrected chi connectivity index (χ0v) is 11.7. The van der Waals surface area contributed by atoms with Gasteiger partial charge >= 0.3 is 0 Å².